The predicted molar refractivity (Wildman–Crippen MR) is 88.7 cm³/mol. The van der Waals surface area contributed by atoms with Crippen molar-refractivity contribution in [2.24, 2.45) is 0 Å². The van der Waals surface area contributed by atoms with Gasteiger partial charge in [0.15, 0.2) is 5.11 Å². The van der Waals surface area contributed by atoms with Crippen LogP contribution in [0.25, 0.3) is 0 Å². The highest BCUT2D eigenvalue weighted by Crippen LogP contribution is 2.25. The number of nitrogens with zero attached hydrogens (tertiary/aromatic N) is 2. The van der Waals surface area contributed by atoms with Crippen molar-refractivity contribution in [3.63, 3.8) is 0 Å². The molecule has 1 aromatic heterocycles. The molecule has 0 spiro atoms. The van der Waals surface area contributed by atoms with E-state index in [2.05, 4.69) is 20.5 Å². The molecular weight excluding hydrogens is 322 g/mol. The third kappa shape index (κ3) is 4.88. The van der Waals surface area contributed by atoms with Gasteiger partial charge in [0.25, 0.3) is 0 Å². The Kier molecular flexibility index (Phi) is 5.86. The van der Waals surface area contributed by atoms with Crippen LogP contribution >= 0.6 is 12.2 Å². The zero-order valence-electron chi connectivity index (χ0n) is 12.8. The highest BCUT2D eigenvalue weighted by molar-refractivity contribution is 7.80. The minimum atomic E-state index is -2.89. The van der Waals surface area contributed by atoms with Gasteiger partial charge in [-0.2, -0.15) is 13.9 Å². The molecule has 1 unspecified atom stereocenters. The number of thiocarbonyl (C=S) groups is 1. The summed E-state index contributed by atoms with van der Waals surface area (Å²) in [6.07, 6.45) is 1.88. The van der Waals surface area contributed by atoms with Gasteiger partial charge in [-0.25, -0.2) is 0 Å². The van der Waals surface area contributed by atoms with Crippen molar-refractivity contribution in [3.05, 3.63) is 42.2 Å². The molecule has 23 heavy (non-hydrogen) atoms. The van der Waals surface area contributed by atoms with E-state index < -0.39 is 6.61 Å². The number of halogens is 2. The van der Waals surface area contributed by atoms with Gasteiger partial charge in [-0.15, -0.1) is 0 Å². The van der Waals surface area contributed by atoms with Crippen LogP contribution in [0.5, 0.6) is 5.75 Å². The average molecular weight is 340 g/mol. The van der Waals surface area contributed by atoms with Gasteiger partial charge in [-0.1, -0.05) is 12.1 Å². The summed E-state index contributed by atoms with van der Waals surface area (Å²) in [6, 6.07) is 8.16. The minimum Gasteiger partial charge on any atom is -0.433 e. The van der Waals surface area contributed by atoms with Gasteiger partial charge in [-0.05, 0) is 44.3 Å². The van der Waals surface area contributed by atoms with Crippen molar-refractivity contribution in [1.29, 1.82) is 0 Å². The van der Waals surface area contributed by atoms with E-state index in [0.29, 0.717) is 10.8 Å². The molecule has 1 aromatic carbocycles. The Morgan fingerprint density at radius 1 is 1.35 bits per heavy atom. The van der Waals surface area contributed by atoms with Crippen LogP contribution in [-0.2, 0) is 6.54 Å². The lowest BCUT2D eigenvalue weighted by Gasteiger charge is -2.17. The lowest BCUT2D eigenvalue weighted by molar-refractivity contribution is -0.0493. The second-order valence-electron chi connectivity index (χ2n) is 4.79. The quantitative estimate of drug-likeness (QED) is 0.788. The third-order valence-electron chi connectivity index (χ3n) is 3.13. The molecule has 1 atom stereocenters. The van der Waals surface area contributed by atoms with Crippen LogP contribution < -0.4 is 15.4 Å². The molecule has 2 N–H and O–H groups in total. The standard InChI is InChI=1S/C15H18F2N4OS/c1-3-21-9-8-11(20-21)10(2)18-15(23)19-12-6-4-5-7-13(12)22-14(16)17/h4-10,14H,3H2,1-2H3,(H2,18,19,23). The molecule has 0 radical (unpaired) electrons. The van der Waals surface area contributed by atoms with Gasteiger partial charge in [0.2, 0.25) is 0 Å². The number of benzene rings is 1. The Morgan fingerprint density at radius 3 is 2.74 bits per heavy atom. The van der Waals surface area contributed by atoms with E-state index in [4.69, 9.17) is 12.2 Å². The number of alkyl halides is 2. The summed E-state index contributed by atoms with van der Waals surface area (Å²) in [6.45, 7) is 1.81. The molecule has 8 heteroatoms. The Bertz CT molecular complexity index is 662. The molecule has 0 amide bonds. The molecule has 0 aliphatic heterocycles. The van der Waals surface area contributed by atoms with Gasteiger partial charge in [-0.3, -0.25) is 4.68 Å². The predicted octanol–water partition coefficient (Wildman–Crippen LogP) is 3.55. The fraction of sp³-hybridized carbons (Fsp3) is 0.333. The fourth-order valence-corrected chi connectivity index (χ4v) is 2.27. The molecular formula is C15H18F2N4OS. The van der Waals surface area contributed by atoms with Crippen molar-refractivity contribution in [1.82, 2.24) is 15.1 Å². The first kappa shape index (κ1) is 17.1. The largest absolute Gasteiger partial charge is 0.433 e. The van der Waals surface area contributed by atoms with E-state index in [9.17, 15) is 8.78 Å². The lowest BCUT2D eigenvalue weighted by atomic mass is 10.2. The van der Waals surface area contributed by atoms with Crippen LogP contribution in [0.2, 0.25) is 0 Å². The summed E-state index contributed by atoms with van der Waals surface area (Å²) in [5, 5.41) is 10.6. The van der Waals surface area contributed by atoms with E-state index in [1.54, 1.807) is 18.2 Å². The van der Waals surface area contributed by atoms with Crippen molar-refractivity contribution < 1.29 is 13.5 Å². The summed E-state index contributed by atoms with van der Waals surface area (Å²) in [4.78, 5) is 0. The molecule has 0 aliphatic rings. The van der Waals surface area contributed by atoms with E-state index in [-0.39, 0.29) is 11.8 Å². The molecule has 0 saturated carbocycles. The number of hydrogen-bond donors (Lipinski definition) is 2. The van der Waals surface area contributed by atoms with Crippen LogP contribution in [0.4, 0.5) is 14.5 Å². The van der Waals surface area contributed by atoms with Crippen molar-refractivity contribution in [2.45, 2.75) is 33.0 Å². The van der Waals surface area contributed by atoms with Gasteiger partial charge >= 0.3 is 6.61 Å². The van der Waals surface area contributed by atoms with E-state index in [1.165, 1.54) is 6.07 Å². The molecule has 0 aliphatic carbocycles. The van der Waals surface area contributed by atoms with E-state index >= 15 is 0 Å². The second kappa shape index (κ2) is 7.87. The number of aryl methyl sites for hydroxylation is 1. The van der Waals surface area contributed by atoms with Gasteiger partial charge in [0, 0.05) is 12.7 Å². The zero-order valence-corrected chi connectivity index (χ0v) is 13.6. The molecule has 0 fully saturated rings. The van der Waals surface area contributed by atoms with Crippen molar-refractivity contribution >= 4 is 23.0 Å². The zero-order chi connectivity index (χ0) is 16.8. The molecule has 0 bridgehead atoms. The number of ether oxygens (including phenoxy) is 1. The topological polar surface area (TPSA) is 51.1 Å². The summed E-state index contributed by atoms with van der Waals surface area (Å²) >= 11 is 5.22. The Balaban J connectivity index is 1.99. The Hall–Kier alpha value is -2.22. The van der Waals surface area contributed by atoms with Crippen LogP contribution in [0.1, 0.15) is 25.6 Å². The number of hydrogen-bond acceptors (Lipinski definition) is 3. The van der Waals surface area contributed by atoms with E-state index in [0.717, 1.165) is 12.2 Å². The fourth-order valence-electron chi connectivity index (χ4n) is 1.98. The molecule has 2 rings (SSSR count). The van der Waals surface area contributed by atoms with Crippen molar-refractivity contribution in [3.8, 4) is 5.75 Å². The van der Waals surface area contributed by atoms with Crippen LogP contribution in [0.3, 0.4) is 0 Å². The molecule has 5 nitrogen and oxygen atoms in total. The summed E-state index contributed by atoms with van der Waals surface area (Å²) in [5.74, 6) is 0.0366. The smallest absolute Gasteiger partial charge is 0.387 e. The normalized spacial score (nSPS) is 12.0. The maximum atomic E-state index is 12.4. The summed E-state index contributed by atoms with van der Waals surface area (Å²) in [7, 11) is 0. The average Bonchev–Trinajstić information content (AvgIpc) is 2.98. The molecule has 1 heterocycles. The first-order valence-corrected chi connectivity index (χ1v) is 7.55. The van der Waals surface area contributed by atoms with Crippen LogP contribution in [0, 0.1) is 0 Å². The molecule has 2 aromatic rings. The van der Waals surface area contributed by atoms with Gasteiger partial charge < -0.3 is 15.4 Å². The monoisotopic (exact) mass is 340 g/mol. The van der Waals surface area contributed by atoms with Crippen molar-refractivity contribution in [2.75, 3.05) is 5.32 Å². The Labute approximate surface area is 138 Å². The maximum Gasteiger partial charge on any atom is 0.387 e. The van der Waals surface area contributed by atoms with E-state index in [1.807, 2.05) is 30.8 Å². The second-order valence-corrected chi connectivity index (χ2v) is 5.20. The molecule has 124 valence electrons. The van der Waals surface area contributed by atoms with Gasteiger partial charge in [0.05, 0.1) is 17.4 Å². The number of aromatic nitrogens is 2. The first-order chi connectivity index (χ1) is 11.0. The summed E-state index contributed by atoms with van der Waals surface area (Å²) < 4.78 is 31.1. The highest BCUT2D eigenvalue weighted by Gasteiger charge is 2.13. The summed E-state index contributed by atoms with van der Waals surface area (Å²) in [5.41, 5.74) is 1.21. The van der Waals surface area contributed by atoms with Gasteiger partial charge in [0.1, 0.15) is 5.75 Å². The SMILES string of the molecule is CCn1ccc(C(C)NC(=S)Nc2ccccc2OC(F)F)n1. The first-order valence-electron chi connectivity index (χ1n) is 7.14. The third-order valence-corrected chi connectivity index (χ3v) is 3.35. The Morgan fingerprint density at radius 2 is 2.09 bits per heavy atom. The van der Waals surface area contributed by atoms with Crippen LogP contribution in [0.15, 0.2) is 36.5 Å². The number of para-hydroxylation sites is 2. The van der Waals surface area contributed by atoms with Crippen LogP contribution in [-0.4, -0.2) is 21.5 Å². The highest BCUT2D eigenvalue weighted by atomic mass is 32.1. The number of rotatable bonds is 6. The molecule has 0 saturated heterocycles. The maximum absolute atomic E-state index is 12.4. The minimum absolute atomic E-state index is 0.0366. The number of nitrogens with one attached hydrogen (secondary N) is 2. The number of anilines is 1. The lowest BCUT2D eigenvalue weighted by Crippen LogP contribution is -2.31.